The Balaban J connectivity index is 1.11. The molecule has 2 heterocycles. The first kappa shape index (κ1) is 31.5. The van der Waals surface area contributed by atoms with Crippen molar-refractivity contribution in [3.63, 3.8) is 0 Å². The van der Waals surface area contributed by atoms with E-state index in [-0.39, 0.29) is 17.1 Å². The summed E-state index contributed by atoms with van der Waals surface area (Å²) in [5, 5.41) is 11.5. The second-order valence-corrected chi connectivity index (χ2v) is 14.9. The van der Waals surface area contributed by atoms with Crippen LogP contribution in [0.5, 0.6) is 5.75 Å². The lowest BCUT2D eigenvalue weighted by Gasteiger charge is -2.47. The topological polar surface area (TPSA) is 84.8 Å². The molecular weight excluding hydrogens is 618 g/mol. The number of carbonyl (C=O) groups is 1. The van der Waals surface area contributed by atoms with Crippen LogP contribution in [-0.4, -0.2) is 59.7 Å². The first-order valence-corrected chi connectivity index (χ1v) is 17.9. The minimum absolute atomic E-state index is 0.115. The molecule has 0 amide bonds. The van der Waals surface area contributed by atoms with Crippen LogP contribution in [0.1, 0.15) is 66.4 Å². The Morgan fingerprint density at radius 2 is 2.04 bits per heavy atom. The highest BCUT2D eigenvalue weighted by Crippen LogP contribution is 2.48. The number of ether oxygens (including phenoxy) is 2. The summed E-state index contributed by atoms with van der Waals surface area (Å²) in [7, 11) is 1.86. The molecule has 1 saturated carbocycles. The second kappa shape index (κ2) is 13.6. The van der Waals surface area contributed by atoms with Crippen molar-refractivity contribution in [3.8, 4) is 5.75 Å². The van der Waals surface area contributed by atoms with Gasteiger partial charge >= 0.3 is 5.97 Å². The first-order chi connectivity index (χ1) is 22.4. The molecular formula is C37H42ClN3O4S. The number of allylic oxidation sites excluding steroid dienone is 1. The molecule has 0 bridgehead atoms. The Morgan fingerprint density at radius 3 is 2.78 bits per heavy atom. The number of aromatic carboxylic acids is 1. The van der Waals surface area contributed by atoms with E-state index in [1.54, 1.807) is 30.2 Å². The molecule has 2 aromatic carbocycles. The van der Waals surface area contributed by atoms with Gasteiger partial charge in [-0.2, -0.15) is 0 Å². The lowest BCUT2D eigenvalue weighted by molar-refractivity contribution is 0.00323. The average Bonchev–Trinajstić information content (AvgIpc) is 3.22. The zero-order chi connectivity index (χ0) is 31.7. The lowest BCUT2D eigenvalue weighted by atomic mass is 9.66. The summed E-state index contributed by atoms with van der Waals surface area (Å²) < 4.78 is 12.8. The number of aryl methyl sites for hydroxylation is 1. The summed E-state index contributed by atoms with van der Waals surface area (Å²) in [6.45, 7) is 2.19. The standard InChI is InChI=1S/C37H42ClN3O4S/c1-44-34(25-7-5-24(6-8-25)21-46-36-39-16-3-17-40-36)30-12-9-28(30)20-41-22-37(15-2-4-26-18-29(38)11-13-31(26)37)23-45-33-14-10-27(35(42)43)19-32(33)41/h3,7,10-11,13-14,16-19,24,28,30,34H,2,4-6,8-9,12,15,20-23H2,1H3,(H,42,43)/t24-,28-,30+,34?,37?/m0/s1. The Labute approximate surface area is 280 Å². The fourth-order valence-corrected chi connectivity index (χ4v) is 9.38. The molecule has 4 aliphatic rings. The third kappa shape index (κ3) is 6.41. The van der Waals surface area contributed by atoms with Gasteiger partial charge in [0.2, 0.25) is 0 Å². The van der Waals surface area contributed by atoms with E-state index in [4.69, 9.17) is 21.1 Å². The summed E-state index contributed by atoms with van der Waals surface area (Å²) in [6.07, 6.45) is 14.8. The summed E-state index contributed by atoms with van der Waals surface area (Å²) in [4.78, 5) is 23.2. The maximum absolute atomic E-state index is 12.0. The molecule has 242 valence electrons. The molecule has 1 N–H and O–H groups in total. The zero-order valence-corrected chi connectivity index (χ0v) is 27.9. The number of thioether (sulfide) groups is 1. The van der Waals surface area contributed by atoms with E-state index < -0.39 is 5.97 Å². The van der Waals surface area contributed by atoms with Crippen molar-refractivity contribution in [1.29, 1.82) is 0 Å². The van der Waals surface area contributed by atoms with Gasteiger partial charge in [0, 0.05) is 48.8 Å². The van der Waals surface area contributed by atoms with Gasteiger partial charge in [0.25, 0.3) is 0 Å². The molecule has 0 radical (unpaired) electrons. The molecule has 2 unspecified atom stereocenters. The Morgan fingerprint density at radius 1 is 1.17 bits per heavy atom. The quantitative estimate of drug-likeness (QED) is 0.141. The number of aromatic nitrogens is 2. The molecule has 7 nitrogen and oxygen atoms in total. The third-order valence-electron chi connectivity index (χ3n) is 10.8. The van der Waals surface area contributed by atoms with Gasteiger partial charge in [-0.15, -0.1) is 0 Å². The molecule has 3 aromatic rings. The molecule has 9 heteroatoms. The molecule has 46 heavy (non-hydrogen) atoms. The molecule has 1 aromatic heterocycles. The summed E-state index contributed by atoms with van der Waals surface area (Å²) in [6, 6.07) is 13.5. The minimum atomic E-state index is -0.919. The largest absolute Gasteiger partial charge is 0.490 e. The number of benzene rings is 2. The van der Waals surface area contributed by atoms with E-state index >= 15 is 0 Å². The van der Waals surface area contributed by atoms with Crippen LogP contribution < -0.4 is 9.64 Å². The summed E-state index contributed by atoms with van der Waals surface area (Å²) in [5.41, 5.74) is 5.05. The fraction of sp³-hybridized carbons (Fsp3) is 0.486. The van der Waals surface area contributed by atoms with Crippen LogP contribution >= 0.6 is 23.4 Å². The maximum atomic E-state index is 12.0. The van der Waals surface area contributed by atoms with Gasteiger partial charge in [-0.25, -0.2) is 14.8 Å². The number of rotatable bonds is 9. The highest BCUT2D eigenvalue weighted by atomic mass is 35.5. The van der Waals surface area contributed by atoms with Gasteiger partial charge in [0.15, 0.2) is 5.16 Å². The first-order valence-electron chi connectivity index (χ1n) is 16.6. The van der Waals surface area contributed by atoms with Gasteiger partial charge in [-0.3, -0.25) is 0 Å². The van der Waals surface area contributed by atoms with Crippen molar-refractivity contribution < 1.29 is 19.4 Å². The normalized spacial score (nSPS) is 26.2. The van der Waals surface area contributed by atoms with Crippen LogP contribution in [0.15, 0.2) is 71.7 Å². The molecule has 1 spiro atoms. The number of nitrogens with zero attached hydrogens (tertiary/aromatic N) is 3. The Hall–Kier alpha value is -3.07. The van der Waals surface area contributed by atoms with Crippen molar-refractivity contribution >= 4 is 35.0 Å². The number of methoxy groups -OCH3 is 1. The number of anilines is 1. The smallest absolute Gasteiger partial charge is 0.335 e. The van der Waals surface area contributed by atoms with Crippen LogP contribution in [0, 0.1) is 17.8 Å². The predicted octanol–water partition coefficient (Wildman–Crippen LogP) is 7.86. The molecule has 7 rings (SSSR count). The zero-order valence-electron chi connectivity index (χ0n) is 26.4. The van der Waals surface area contributed by atoms with Crippen LogP contribution in [-0.2, 0) is 16.6 Å². The van der Waals surface area contributed by atoms with Crippen molar-refractivity contribution in [2.45, 2.75) is 68.0 Å². The predicted molar refractivity (Wildman–Crippen MR) is 182 cm³/mol. The summed E-state index contributed by atoms with van der Waals surface area (Å²) >= 11 is 8.18. The van der Waals surface area contributed by atoms with E-state index in [0.29, 0.717) is 24.4 Å². The van der Waals surface area contributed by atoms with Crippen molar-refractivity contribution in [2.75, 3.05) is 37.5 Å². The molecule has 0 saturated heterocycles. The highest BCUT2D eigenvalue weighted by Gasteiger charge is 2.45. The SMILES string of the molecule is COC(C1=CC[C@H](CSc2ncccn2)CC1)[C@@H]1CC[C@H]1CN1CC2(CCCc3cc(Cl)ccc32)COc2ccc(C(=O)O)cc21. The van der Waals surface area contributed by atoms with Gasteiger partial charge in [0.05, 0.1) is 24.0 Å². The summed E-state index contributed by atoms with van der Waals surface area (Å²) in [5.74, 6) is 2.37. The van der Waals surface area contributed by atoms with Crippen molar-refractivity contribution in [3.05, 3.63) is 88.2 Å². The van der Waals surface area contributed by atoms with Gasteiger partial charge < -0.3 is 19.5 Å². The van der Waals surface area contributed by atoms with Crippen LogP contribution in [0.2, 0.25) is 5.02 Å². The third-order valence-corrected chi connectivity index (χ3v) is 12.1. The lowest BCUT2D eigenvalue weighted by Crippen LogP contribution is -2.50. The number of carboxylic acids is 1. The Kier molecular flexibility index (Phi) is 9.30. The van der Waals surface area contributed by atoms with E-state index in [1.807, 2.05) is 31.4 Å². The van der Waals surface area contributed by atoms with Crippen LogP contribution in [0.25, 0.3) is 0 Å². The average molecular weight is 660 g/mol. The Bertz CT molecular complexity index is 1600. The number of halogens is 1. The fourth-order valence-electron chi connectivity index (χ4n) is 8.22. The molecule has 1 fully saturated rings. The molecule has 3 aliphatic carbocycles. The monoisotopic (exact) mass is 659 g/mol. The van der Waals surface area contributed by atoms with Gasteiger partial charge in [-0.1, -0.05) is 35.5 Å². The van der Waals surface area contributed by atoms with Gasteiger partial charge in [0.1, 0.15) is 5.75 Å². The van der Waals surface area contributed by atoms with Crippen molar-refractivity contribution in [2.24, 2.45) is 17.8 Å². The molecule has 1 aliphatic heterocycles. The number of fused-ring (bicyclic) bond motifs is 3. The van der Waals surface area contributed by atoms with E-state index in [0.717, 1.165) is 91.8 Å². The van der Waals surface area contributed by atoms with Crippen LogP contribution in [0.3, 0.4) is 0 Å². The molecule has 5 atom stereocenters. The van der Waals surface area contributed by atoms with Gasteiger partial charge in [-0.05, 0) is 122 Å². The van der Waals surface area contributed by atoms with Crippen LogP contribution in [0.4, 0.5) is 5.69 Å². The number of hydrogen-bond donors (Lipinski definition) is 1. The highest BCUT2D eigenvalue weighted by molar-refractivity contribution is 7.99. The van der Waals surface area contributed by atoms with E-state index in [2.05, 4.69) is 33.1 Å². The minimum Gasteiger partial charge on any atom is -0.490 e. The number of hydrogen-bond acceptors (Lipinski definition) is 7. The van der Waals surface area contributed by atoms with Crippen molar-refractivity contribution in [1.82, 2.24) is 9.97 Å². The van der Waals surface area contributed by atoms with E-state index in [1.165, 1.54) is 16.7 Å². The second-order valence-electron chi connectivity index (χ2n) is 13.5. The maximum Gasteiger partial charge on any atom is 0.335 e. The van der Waals surface area contributed by atoms with E-state index in [9.17, 15) is 9.90 Å². The number of carboxylic acid groups (broad SMARTS) is 1.